The number of thiocarbonyl (C=S) groups is 1. The first-order valence-electron chi connectivity index (χ1n) is 7.40. The van der Waals surface area contributed by atoms with E-state index in [-0.39, 0.29) is 5.91 Å². The molecular weight excluding hydrogens is 300 g/mol. The van der Waals surface area contributed by atoms with Gasteiger partial charge in [-0.15, -0.1) is 0 Å². The Balaban J connectivity index is 1.96. The van der Waals surface area contributed by atoms with Crippen LogP contribution in [0.5, 0.6) is 0 Å². The summed E-state index contributed by atoms with van der Waals surface area (Å²) in [5.74, 6) is -0.683. The molecule has 1 heterocycles. The summed E-state index contributed by atoms with van der Waals surface area (Å²) >= 11 is 5.32. The second-order valence-electron chi connectivity index (χ2n) is 5.23. The molecule has 1 aromatic carbocycles. The lowest BCUT2D eigenvalue weighted by atomic mass is 10.1. The lowest BCUT2D eigenvalue weighted by Gasteiger charge is -2.23. The first-order chi connectivity index (χ1) is 10.6. The van der Waals surface area contributed by atoms with E-state index < -0.39 is 5.97 Å². The van der Waals surface area contributed by atoms with Gasteiger partial charge in [0.1, 0.15) is 0 Å². The fraction of sp³-hybridized carbons (Fsp3) is 0.438. The monoisotopic (exact) mass is 320 g/mol. The number of carbonyl (C=O) groups is 2. The van der Waals surface area contributed by atoms with Crippen molar-refractivity contribution in [2.45, 2.75) is 25.7 Å². The number of nitrogens with zero attached hydrogens (tertiary/aromatic N) is 1. The topological polar surface area (TPSA) is 58.6 Å². The van der Waals surface area contributed by atoms with Gasteiger partial charge in [0.15, 0.2) is 5.11 Å². The molecular formula is C16H20N2O3S. The minimum atomic E-state index is -0.424. The van der Waals surface area contributed by atoms with E-state index in [1.807, 2.05) is 4.90 Å². The lowest BCUT2D eigenvalue weighted by Crippen LogP contribution is -2.43. The van der Waals surface area contributed by atoms with Gasteiger partial charge in [0.25, 0.3) is 5.91 Å². The van der Waals surface area contributed by atoms with Gasteiger partial charge in [0.05, 0.1) is 12.7 Å². The van der Waals surface area contributed by atoms with Crippen LogP contribution in [-0.4, -0.2) is 42.1 Å². The first-order valence-corrected chi connectivity index (χ1v) is 7.81. The van der Waals surface area contributed by atoms with E-state index in [2.05, 4.69) is 10.1 Å². The number of benzene rings is 1. The van der Waals surface area contributed by atoms with Gasteiger partial charge in [-0.2, -0.15) is 0 Å². The number of hydrogen-bond donors (Lipinski definition) is 1. The van der Waals surface area contributed by atoms with Crippen LogP contribution in [0.25, 0.3) is 0 Å². The molecule has 1 aliphatic rings. The van der Waals surface area contributed by atoms with E-state index in [9.17, 15) is 9.59 Å². The van der Waals surface area contributed by atoms with E-state index in [4.69, 9.17) is 12.2 Å². The highest BCUT2D eigenvalue weighted by atomic mass is 32.1. The molecule has 1 N–H and O–H groups in total. The zero-order valence-electron chi connectivity index (χ0n) is 12.6. The molecule has 0 radical (unpaired) electrons. The van der Waals surface area contributed by atoms with Gasteiger partial charge in [-0.25, -0.2) is 4.79 Å². The fourth-order valence-electron chi connectivity index (χ4n) is 2.40. The van der Waals surface area contributed by atoms with Crippen molar-refractivity contribution in [2.24, 2.45) is 0 Å². The lowest BCUT2D eigenvalue weighted by molar-refractivity contribution is 0.0600. The third-order valence-corrected chi connectivity index (χ3v) is 4.04. The maximum Gasteiger partial charge on any atom is 0.337 e. The molecule has 118 valence electrons. The number of hydrogen-bond acceptors (Lipinski definition) is 4. The number of rotatable bonds is 2. The van der Waals surface area contributed by atoms with Crippen LogP contribution < -0.4 is 5.32 Å². The van der Waals surface area contributed by atoms with Gasteiger partial charge < -0.3 is 9.64 Å². The smallest absolute Gasteiger partial charge is 0.337 e. The van der Waals surface area contributed by atoms with E-state index in [1.54, 1.807) is 24.3 Å². The molecule has 0 saturated carbocycles. The van der Waals surface area contributed by atoms with Crippen molar-refractivity contribution in [3.05, 3.63) is 35.4 Å². The SMILES string of the molecule is COC(=O)c1ccc(C(=O)NC(=S)N2CCCCCC2)cc1. The standard InChI is InChI=1S/C16H20N2O3S/c1-21-15(20)13-8-6-12(7-9-13)14(19)17-16(22)18-10-4-2-3-5-11-18/h6-9H,2-5,10-11H2,1H3,(H,17,19,22). The second-order valence-corrected chi connectivity index (χ2v) is 5.62. The minimum absolute atomic E-state index is 0.259. The Kier molecular flexibility index (Phi) is 5.89. The highest BCUT2D eigenvalue weighted by Crippen LogP contribution is 2.10. The van der Waals surface area contributed by atoms with Gasteiger partial charge in [0, 0.05) is 18.7 Å². The number of esters is 1. The number of carbonyl (C=O) groups excluding carboxylic acids is 2. The van der Waals surface area contributed by atoms with Crippen LogP contribution in [0.1, 0.15) is 46.4 Å². The van der Waals surface area contributed by atoms with Gasteiger partial charge >= 0.3 is 5.97 Å². The summed E-state index contributed by atoms with van der Waals surface area (Å²) in [6.45, 7) is 1.78. The van der Waals surface area contributed by atoms with E-state index in [0.29, 0.717) is 16.2 Å². The molecule has 0 atom stereocenters. The summed E-state index contributed by atoms with van der Waals surface area (Å²) < 4.78 is 4.63. The number of ether oxygens (including phenoxy) is 1. The summed E-state index contributed by atoms with van der Waals surface area (Å²) in [4.78, 5) is 25.6. The highest BCUT2D eigenvalue weighted by molar-refractivity contribution is 7.80. The predicted molar refractivity (Wildman–Crippen MR) is 87.9 cm³/mol. The first kappa shape index (κ1) is 16.4. The third-order valence-electron chi connectivity index (χ3n) is 3.68. The average Bonchev–Trinajstić information content (AvgIpc) is 2.83. The molecule has 1 saturated heterocycles. The van der Waals surface area contributed by atoms with Crippen LogP contribution >= 0.6 is 12.2 Å². The normalized spacial score (nSPS) is 14.9. The number of methoxy groups -OCH3 is 1. The molecule has 2 rings (SSSR count). The van der Waals surface area contributed by atoms with Crippen molar-refractivity contribution in [2.75, 3.05) is 20.2 Å². The summed E-state index contributed by atoms with van der Waals surface area (Å²) in [7, 11) is 1.32. The fourth-order valence-corrected chi connectivity index (χ4v) is 2.67. The molecule has 1 aliphatic heterocycles. The summed E-state index contributed by atoms with van der Waals surface area (Å²) in [5, 5.41) is 3.23. The maximum absolute atomic E-state index is 12.2. The second kappa shape index (κ2) is 7.89. The number of likely N-dealkylation sites (tertiary alicyclic amines) is 1. The Morgan fingerprint density at radius 1 is 1.05 bits per heavy atom. The zero-order valence-corrected chi connectivity index (χ0v) is 13.4. The van der Waals surface area contributed by atoms with Crippen molar-refractivity contribution in [3.8, 4) is 0 Å². The summed E-state index contributed by atoms with van der Waals surface area (Å²) in [5.41, 5.74) is 0.874. The Hall–Kier alpha value is -1.95. The number of amides is 1. The van der Waals surface area contributed by atoms with E-state index in [1.165, 1.54) is 20.0 Å². The molecule has 0 spiro atoms. The van der Waals surface area contributed by atoms with E-state index in [0.717, 1.165) is 25.9 Å². The quantitative estimate of drug-likeness (QED) is 0.670. The molecule has 0 aromatic heterocycles. The van der Waals surface area contributed by atoms with Crippen molar-refractivity contribution in [1.29, 1.82) is 0 Å². The highest BCUT2D eigenvalue weighted by Gasteiger charge is 2.16. The van der Waals surface area contributed by atoms with Crippen LogP contribution in [-0.2, 0) is 4.74 Å². The molecule has 5 nitrogen and oxygen atoms in total. The molecule has 1 fully saturated rings. The van der Waals surface area contributed by atoms with Gasteiger partial charge in [0.2, 0.25) is 0 Å². The Morgan fingerprint density at radius 2 is 1.59 bits per heavy atom. The van der Waals surface area contributed by atoms with Gasteiger partial charge in [-0.3, -0.25) is 10.1 Å². The molecule has 0 aliphatic carbocycles. The average molecular weight is 320 g/mol. The van der Waals surface area contributed by atoms with Crippen molar-refractivity contribution in [1.82, 2.24) is 10.2 Å². The van der Waals surface area contributed by atoms with Crippen molar-refractivity contribution in [3.63, 3.8) is 0 Å². The van der Waals surface area contributed by atoms with Crippen molar-refractivity contribution >= 4 is 29.2 Å². The van der Waals surface area contributed by atoms with E-state index >= 15 is 0 Å². The summed E-state index contributed by atoms with van der Waals surface area (Å²) in [6.07, 6.45) is 4.62. The van der Waals surface area contributed by atoms with Gasteiger partial charge in [-0.1, -0.05) is 12.8 Å². The van der Waals surface area contributed by atoms with Crippen LogP contribution in [0.4, 0.5) is 0 Å². The largest absolute Gasteiger partial charge is 0.465 e. The predicted octanol–water partition coefficient (Wildman–Crippen LogP) is 2.36. The molecule has 0 unspecified atom stereocenters. The van der Waals surface area contributed by atoms with Crippen LogP contribution in [0.3, 0.4) is 0 Å². The molecule has 22 heavy (non-hydrogen) atoms. The Bertz CT molecular complexity index is 549. The van der Waals surface area contributed by atoms with Crippen LogP contribution in [0.2, 0.25) is 0 Å². The Labute approximate surface area is 135 Å². The minimum Gasteiger partial charge on any atom is -0.465 e. The third kappa shape index (κ3) is 4.27. The Morgan fingerprint density at radius 3 is 2.14 bits per heavy atom. The number of nitrogens with one attached hydrogen (secondary N) is 1. The molecule has 0 bridgehead atoms. The molecule has 1 amide bonds. The van der Waals surface area contributed by atoms with Crippen LogP contribution in [0.15, 0.2) is 24.3 Å². The summed E-state index contributed by atoms with van der Waals surface area (Å²) in [6, 6.07) is 6.31. The van der Waals surface area contributed by atoms with Crippen LogP contribution in [0, 0.1) is 0 Å². The van der Waals surface area contributed by atoms with Crippen molar-refractivity contribution < 1.29 is 14.3 Å². The molecule has 1 aromatic rings. The zero-order chi connectivity index (χ0) is 15.9. The van der Waals surface area contributed by atoms with Gasteiger partial charge in [-0.05, 0) is 49.3 Å². The molecule has 6 heteroatoms. The maximum atomic E-state index is 12.2.